The van der Waals surface area contributed by atoms with Crippen LogP contribution in [0.5, 0.6) is 5.75 Å². The number of morpholine rings is 1. The van der Waals surface area contributed by atoms with E-state index in [1.807, 2.05) is 18.2 Å². The number of benzene rings is 2. The van der Waals surface area contributed by atoms with Gasteiger partial charge in [0.2, 0.25) is 0 Å². The number of ether oxygens (including phenoxy) is 2. The molecule has 0 aromatic heterocycles. The Labute approximate surface area is 175 Å². The first kappa shape index (κ1) is 20.9. The largest absolute Gasteiger partial charge is 0.496 e. The van der Waals surface area contributed by atoms with E-state index < -0.39 is 0 Å². The number of nitrogens with zero attached hydrogens (tertiary/aromatic N) is 2. The predicted molar refractivity (Wildman–Crippen MR) is 111 cm³/mol. The number of carbonyl (C=O) groups excluding carboxylic acids is 1. The van der Waals surface area contributed by atoms with E-state index in [1.165, 1.54) is 19.2 Å². The average molecular weight is 415 g/mol. The maximum atomic E-state index is 12.6. The van der Waals surface area contributed by atoms with Crippen molar-refractivity contribution in [1.82, 2.24) is 10.2 Å². The standard InChI is InChI=1S/C21H23ClN4O3/c1-28-20-9-19(24)18(22)8-17(20)21(27)25-11-16-13-26(5-6-29-16)12-15-4-2-3-14(7-15)10-23/h2-4,7-9,16H,5-6,11-13,24H2,1H3,(H,25,27). The van der Waals surface area contributed by atoms with Crippen molar-refractivity contribution in [2.75, 3.05) is 39.1 Å². The third-order valence-electron chi connectivity index (χ3n) is 4.74. The van der Waals surface area contributed by atoms with Crippen LogP contribution in [0.4, 0.5) is 5.69 Å². The van der Waals surface area contributed by atoms with Crippen molar-refractivity contribution >= 4 is 23.2 Å². The van der Waals surface area contributed by atoms with Crippen LogP contribution in [0.1, 0.15) is 21.5 Å². The molecule has 3 N–H and O–H groups in total. The van der Waals surface area contributed by atoms with Crippen molar-refractivity contribution in [3.63, 3.8) is 0 Å². The van der Waals surface area contributed by atoms with Gasteiger partial charge in [0, 0.05) is 32.2 Å². The minimum atomic E-state index is -0.300. The van der Waals surface area contributed by atoms with Crippen molar-refractivity contribution in [2.24, 2.45) is 0 Å². The van der Waals surface area contributed by atoms with E-state index in [-0.39, 0.29) is 12.0 Å². The maximum absolute atomic E-state index is 12.6. The van der Waals surface area contributed by atoms with Crippen molar-refractivity contribution in [3.8, 4) is 11.8 Å². The highest BCUT2D eigenvalue weighted by atomic mass is 35.5. The lowest BCUT2D eigenvalue weighted by molar-refractivity contribution is -0.0292. The fraction of sp³-hybridized carbons (Fsp3) is 0.333. The molecule has 0 radical (unpaired) electrons. The number of methoxy groups -OCH3 is 1. The Bertz CT molecular complexity index is 929. The minimum absolute atomic E-state index is 0.137. The molecule has 1 unspecified atom stereocenters. The summed E-state index contributed by atoms with van der Waals surface area (Å²) in [4.78, 5) is 14.8. The zero-order valence-corrected chi connectivity index (χ0v) is 16.9. The molecule has 1 aliphatic heterocycles. The van der Waals surface area contributed by atoms with Crippen molar-refractivity contribution in [1.29, 1.82) is 5.26 Å². The second-order valence-corrected chi connectivity index (χ2v) is 7.23. The molecule has 0 spiro atoms. The molecule has 1 amide bonds. The lowest BCUT2D eigenvalue weighted by Gasteiger charge is -2.33. The van der Waals surface area contributed by atoms with Gasteiger partial charge in [-0.2, -0.15) is 5.26 Å². The number of nitriles is 1. The summed E-state index contributed by atoms with van der Waals surface area (Å²) in [6.07, 6.45) is -0.137. The molecule has 7 nitrogen and oxygen atoms in total. The smallest absolute Gasteiger partial charge is 0.255 e. The molecule has 0 bridgehead atoms. The van der Waals surface area contributed by atoms with Crippen LogP contribution in [0.3, 0.4) is 0 Å². The Balaban J connectivity index is 1.57. The van der Waals surface area contributed by atoms with Crippen molar-refractivity contribution < 1.29 is 14.3 Å². The molecule has 2 aromatic rings. The number of nitrogen functional groups attached to an aromatic ring is 1. The van der Waals surface area contributed by atoms with Gasteiger partial charge in [0.05, 0.1) is 47.7 Å². The van der Waals surface area contributed by atoms with Crippen LogP contribution in [-0.2, 0) is 11.3 Å². The monoisotopic (exact) mass is 414 g/mol. The van der Waals surface area contributed by atoms with E-state index in [0.29, 0.717) is 47.3 Å². The zero-order chi connectivity index (χ0) is 20.8. The van der Waals surface area contributed by atoms with Gasteiger partial charge in [-0.05, 0) is 23.8 Å². The third kappa shape index (κ3) is 5.39. The van der Waals surface area contributed by atoms with Crippen molar-refractivity contribution in [2.45, 2.75) is 12.6 Å². The Morgan fingerprint density at radius 2 is 2.28 bits per heavy atom. The van der Waals surface area contributed by atoms with E-state index >= 15 is 0 Å². The summed E-state index contributed by atoms with van der Waals surface area (Å²) in [5.41, 5.74) is 8.17. The number of nitrogens with one attached hydrogen (secondary N) is 1. The van der Waals surface area contributed by atoms with Crippen LogP contribution < -0.4 is 15.8 Å². The van der Waals surface area contributed by atoms with Gasteiger partial charge in [-0.1, -0.05) is 23.7 Å². The lowest BCUT2D eigenvalue weighted by atomic mass is 10.1. The molecule has 8 heteroatoms. The second-order valence-electron chi connectivity index (χ2n) is 6.82. The Kier molecular flexibility index (Phi) is 6.94. The minimum Gasteiger partial charge on any atom is -0.496 e. The zero-order valence-electron chi connectivity index (χ0n) is 16.2. The number of rotatable bonds is 6. The molecule has 1 atom stereocenters. The molecule has 3 rings (SSSR count). The van der Waals surface area contributed by atoms with Gasteiger partial charge in [-0.25, -0.2) is 0 Å². The lowest BCUT2D eigenvalue weighted by Crippen LogP contribution is -2.47. The number of hydrogen-bond acceptors (Lipinski definition) is 6. The van der Waals surface area contributed by atoms with Crippen LogP contribution in [0, 0.1) is 11.3 Å². The highest BCUT2D eigenvalue weighted by Crippen LogP contribution is 2.28. The first-order valence-electron chi connectivity index (χ1n) is 9.24. The van der Waals surface area contributed by atoms with E-state index in [2.05, 4.69) is 16.3 Å². The van der Waals surface area contributed by atoms with E-state index in [1.54, 1.807) is 6.07 Å². The van der Waals surface area contributed by atoms with Gasteiger partial charge in [0.1, 0.15) is 5.75 Å². The number of nitrogens with two attached hydrogens (primary N) is 1. The summed E-state index contributed by atoms with van der Waals surface area (Å²) < 4.78 is 11.0. The second kappa shape index (κ2) is 9.61. The summed E-state index contributed by atoms with van der Waals surface area (Å²) >= 11 is 6.04. The number of anilines is 1. The summed E-state index contributed by atoms with van der Waals surface area (Å²) in [5, 5.41) is 12.2. The highest BCUT2D eigenvalue weighted by molar-refractivity contribution is 6.33. The third-order valence-corrected chi connectivity index (χ3v) is 5.07. The van der Waals surface area contributed by atoms with Crippen LogP contribution in [0.15, 0.2) is 36.4 Å². The molecule has 1 fully saturated rings. The number of halogens is 1. The van der Waals surface area contributed by atoms with Crippen molar-refractivity contribution in [3.05, 3.63) is 58.1 Å². The van der Waals surface area contributed by atoms with Gasteiger partial charge >= 0.3 is 0 Å². The number of amides is 1. The van der Waals surface area contributed by atoms with E-state index in [4.69, 9.17) is 32.1 Å². The first-order chi connectivity index (χ1) is 14.0. The number of hydrogen-bond donors (Lipinski definition) is 2. The Morgan fingerprint density at radius 3 is 3.03 bits per heavy atom. The topological polar surface area (TPSA) is 101 Å². The quantitative estimate of drug-likeness (QED) is 0.704. The van der Waals surface area contributed by atoms with Gasteiger partial charge < -0.3 is 20.5 Å². The molecule has 0 aliphatic carbocycles. The predicted octanol–water partition coefficient (Wildman–Crippen LogP) is 2.43. The van der Waals surface area contributed by atoms with Gasteiger partial charge in [-0.15, -0.1) is 0 Å². The Morgan fingerprint density at radius 1 is 1.45 bits per heavy atom. The van der Waals surface area contributed by atoms with Gasteiger partial charge in [-0.3, -0.25) is 9.69 Å². The molecule has 1 heterocycles. The first-order valence-corrected chi connectivity index (χ1v) is 9.62. The van der Waals surface area contributed by atoms with Gasteiger partial charge in [0.15, 0.2) is 0 Å². The molecule has 29 heavy (non-hydrogen) atoms. The molecule has 1 aliphatic rings. The normalized spacial score (nSPS) is 16.8. The summed E-state index contributed by atoms with van der Waals surface area (Å²) in [7, 11) is 1.48. The summed E-state index contributed by atoms with van der Waals surface area (Å²) in [5.74, 6) is 0.0687. The molecular weight excluding hydrogens is 392 g/mol. The molecule has 2 aromatic carbocycles. The van der Waals surface area contributed by atoms with Crippen LogP contribution in [0.2, 0.25) is 5.02 Å². The fourth-order valence-corrected chi connectivity index (χ4v) is 3.43. The molecular formula is C21H23ClN4O3. The fourth-order valence-electron chi connectivity index (χ4n) is 3.26. The number of carbonyl (C=O) groups is 1. The highest BCUT2D eigenvalue weighted by Gasteiger charge is 2.22. The maximum Gasteiger partial charge on any atom is 0.255 e. The average Bonchev–Trinajstić information content (AvgIpc) is 2.74. The molecule has 1 saturated heterocycles. The van der Waals surface area contributed by atoms with E-state index in [0.717, 1.165) is 18.7 Å². The van der Waals surface area contributed by atoms with E-state index in [9.17, 15) is 4.79 Å². The summed E-state index contributed by atoms with van der Waals surface area (Å²) in [6.45, 7) is 3.14. The molecule has 152 valence electrons. The SMILES string of the molecule is COc1cc(N)c(Cl)cc1C(=O)NCC1CN(Cc2cccc(C#N)c2)CCO1. The van der Waals surface area contributed by atoms with Crippen LogP contribution in [-0.4, -0.2) is 50.3 Å². The summed E-state index contributed by atoms with van der Waals surface area (Å²) in [6, 6.07) is 12.8. The molecule has 0 saturated carbocycles. The van der Waals surface area contributed by atoms with Gasteiger partial charge in [0.25, 0.3) is 5.91 Å². The van der Waals surface area contributed by atoms with Crippen LogP contribution >= 0.6 is 11.6 Å². The Hall–Kier alpha value is -2.79. The van der Waals surface area contributed by atoms with Crippen LogP contribution in [0.25, 0.3) is 0 Å².